The molecule has 0 aromatic rings. The lowest BCUT2D eigenvalue weighted by atomic mass is 10.2. The Hall–Kier alpha value is -1.10. The molecule has 62 valence electrons. The molecule has 5 heteroatoms. The minimum atomic E-state index is -1.09. The summed E-state index contributed by atoms with van der Waals surface area (Å²) in [6.45, 7) is 0. The highest BCUT2D eigenvalue weighted by molar-refractivity contribution is 5.85. The van der Waals surface area contributed by atoms with E-state index in [4.69, 9.17) is 5.11 Å². The van der Waals surface area contributed by atoms with Crippen LogP contribution in [0.25, 0.3) is 0 Å². The Morgan fingerprint density at radius 1 is 1.82 bits per heavy atom. The van der Waals surface area contributed by atoms with Gasteiger partial charge < -0.3 is 15.2 Å². The molecule has 0 amide bonds. The van der Waals surface area contributed by atoms with Gasteiger partial charge in [-0.3, -0.25) is 4.79 Å². The molecule has 1 rings (SSSR count). The third-order valence-corrected chi connectivity index (χ3v) is 1.62. The van der Waals surface area contributed by atoms with Gasteiger partial charge in [0.15, 0.2) is 0 Å². The van der Waals surface area contributed by atoms with Crippen molar-refractivity contribution in [3.8, 4) is 0 Å². The topological polar surface area (TPSA) is 75.6 Å². The molecule has 2 unspecified atom stereocenters. The fourth-order valence-corrected chi connectivity index (χ4v) is 0.968. The Morgan fingerprint density at radius 3 is 2.73 bits per heavy atom. The molecule has 1 fully saturated rings. The zero-order valence-electron chi connectivity index (χ0n) is 6.03. The Kier molecular flexibility index (Phi) is 2.09. The predicted octanol–water partition coefficient (Wildman–Crippen LogP) is -1.03. The standard InChI is InChI=1S/C6H9NO4/c1-7-3-2-4(5(8)9)11-6(3)10/h3-4,7H,2H2,1H3,(H,8,9). The highest BCUT2D eigenvalue weighted by Gasteiger charge is 2.37. The van der Waals surface area contributed by atoms with E-state index in [1.807, 2.05) is 0 Å². The third kappa shape index (κ3) is 1.48. The number of carboxylic acids is 1. The van der Waals surface area contributed by atoms with Crippen LogP contribution in [0.3, 0.4) is 0 Å². The molecule has 1 saturated heterocycles. The van der Waals surface area contributed by atoms with E-state index in [-0.39, 0.29) is 6.42 Å². The zero-order valence-corrected chi connectivity index (χ0v) is 6.03. The molecule has 0 radical (unpaired) electrons. The third-order valence-electron chi connectivity index (χ3n) is 1.62. The fourth-order valence-electron chi connectivity index (χ4n) is 0.968. The number of carboxylic acid groups (broad SMARTS) is 1. The van der Waals surface area contributed by atoms with Crippen LogP contribution in [0.1, 0.15) is 6.42 Å². The highest BCUT2D eigenvalue weighted by Crippen LogP contribution is 2.14. The van der Waals surface area contributed by atoms with Crippen LogP contribution >= 0.6 is 0 Å². The van der Waals surface area contributed by atoms with Crippen LogP contribution in [0, 0.1) is 0 Å². The first kappa shape index (κ1) is 8.00. The lowest BCUT2D eigenvalue weighted by molar-refractivity contribution is -0.157. The molecule has 1 aliphatic rings. The Balaban J connectivity index is 2.56. The number of ether oxygens (including phenoxy) is 1. The molecule has 0 aromatic carbocycles. The van der Waals surface area contributed by atoms with Gasteiger partial charge in [0.1, 0.15) is 6.04 Å². The number of hydrogen-bond acceptors (Lipinski definition) is 4. The number of nitrogens with one attached hydrogen (secondary N) is 1. The Morgan fingerprint density at radius 2 is 2.45 bits per heavy atom. The monoisotopic (exact) mass is 159 g/mol. The summed E-state index contributed by atoms with van der Waals surface area (Å²) >= 11 is 0. The SMILES string of the molecule is CNC1CC(C(=O)O)OC1=O. The lowest BCUT2D eigenvalue weighted by Crippen LogP contribution is -2.29. The van der Waals surface area contributed by atoms with Gasteiger partial charge in [-0.15, -0.1) is 0 Å². The van der Waals surface area contributed by atoms with Gasteiger partial charge >= 0.3 is 11.9 Å². The van der Waals surface area contributed by atoms with Gasteiger partial charge in [0.05, 0.1) is 0 Å². The zero-order chi connectivity index (χ0) is 8.43. The van der Waals surface area contributed by atoms with Crippen molar-refractivity contribution in [1.82, 2.24) is 5.32 Å². The van der Waals surface area contributed by atoms with Gasteiger partial charge in [0.2, 0.25) is 6.10 Å². The minimum absolute atomic E-state index is 0.213. The maximum Gasteiger partial charge on any atom is 0.345 e. The molecule has 1 heterocycles. The van der Waals surface area contributed by atoms with Crippen molar-refractivity contribution < 1.29 is 19.4 Å². The van der Waals surface area contributed by atoms with Gasteiger partial charge in [-0.1, -0.05) is 0 Å². The van der Waals surface area contributed by atoms with Crippen molar-refractivity contribution >= 4 is 11.9 Å². The quantitative estimate of drug-likeness (QED) is 0.504. The first-order valence-corrected chi connectivity index (χ1v) is 3.25. The molecule has 2 N–H and O–H groups in total. The van der Waals surface area contributed by atoms with E-state index < -0.39 is 24.1 Å². The predicted molar refractivity (Wildman–Crippen MR) is 35.0 cm³/mol. The van der Waals surface area contributed by atoms with Crippen LogP contribution < -0.4 is 5.32 Å². The van der Waals surface area contributed by atoms with Crippen molar-refractivity contribution in [3.63, 3.8) is 0 Å². The van der Waals surface area contributed by atoms with Gasteiger partial charge in [0, 0.05) is 6.42 Å². The first-order chi connectivity index (χ1) is 5.15. The number of hydrogen-bond donors (Lipinski definition) is 2. The molecule has 1 aliphatic heterocycles. The van der Waals surface area contributed by atoms with E-state index in [1.165, 1.54) is 0 Å². The van der Waals surface area contributed by atoms with Crippen molar-refractivity contribution in [3.05, 3.63) is 0 Å². The molecule has 0 spiro atoms. The van der Waals surface area contributed by atoms with Gasteiger partial charge in [0.25, 0.3) is 0 Å². The molecular weight excluding hydrogens is 150 g/mol. The number of likely N-dealkylation sites (N-methyl/N-ethyl adjacent to an activating group) is 1. The van der Waals surface area contributed by atoms with Crippen molar-refractivity contribution in [2.24, 2.45) is 0 Å². The van der Waals surface area contributed by atoms with E-state index in [1.54, 1.807) is 7.05 Å². The molecule has 11 heavy (non-hydrogen) atoms. The summed E-state index contributed by atoms with van der Waals surface area (Å²) in [4.78, 5) is 21.1. The van der Waals surface area contributed by atoms with Crippen LogP contribution in [0.2, 0.25) is 0 Å². The summed E-state index contributed by atoms with van der Waals surface area (Å²) in [5.74, 6) is -1.57. The Labute approximate surface area is 63.3 Å². The summed E-state index contributed by atoms with van der Waals surface area (Å²) < 4.78 is 4.53. The van der Waals surface area contributed by atoms with Gasteiger partial charge in [-0.2, -0.15) is 0 Å². The molecule has 0 aromatic heterocycles. The second-order valence-corrected chi connectivity index (χ2v) is 2.34. The maximum absolute atomic E-state index is 10.8. The number of carbonyl (C=O) groups is 2. The van der Waals surface area contributed by atoms with Crippen molar-refractivity contribution in [1.29, 1.82) is 0 Å². The Bertz CT molecular complexity index is 191. The summed E-state index contributed by atoms with van der Waals surface area (Å²) in [6.07, 6.45) is -0.759. The number of cyclic esters (lactones) is 1. The summed E-state index contributed by atoms with van der Waals surface area (Å²) in [7, 11) is 1.59. The largest absolute Gasteiger partial charge is 0.479 e. The van der Waals surface area contributed by atoms with Crippen molar-refractivity contribution in [2.75, 3.05) is 7.05 Å². The summed E-state index contributed by atoms with van der Waals surface area (Å²) in [6, 6.07) is -0.462. The van der Waals surface area contributed by atoms with Gasteiger partial charge in [-0.25, -0.2) is 4.79 Å². The van der Waals surface area contributed by atoms with E-state index in [0.717, 1.165) is 0 Å². The number of carbonyl (C=O) groups excluding carboxylic acids is 1. The van der Waals surface area contributed by atoms with E-state index in [9.17, 15) is 9.59 Å². The number of esters is 1. The lowest BCUT2D eigenvalue weighted by Gasteiger charge is -1.99. The normalized spacial score (nSPS) is 30.1. The molecule has 0 aliphatic carbocycles. The van der Waals surface area contributed by atoms with Crippen LogP contribution in [0.15, 0.2) is 0 Å². The number of rotatable bonds is 2. The smallest absolute Gasteiger partial charge is 0.345 e. The average Bonchev–Trinajstić information content (AvgIpc) is 2.31. The molecule has 5 nitrogen and oxygen atoms in total. The van der Waals surface area contributed by atoms with Crippen LogP contribution in [0.5, 0.6) is 0 Å². The second-order valence-electron chi connectivity index (χ2n) is 2.34. The summed E-state index contributed by atoms with van der Waals surface area (Å²) in [5.41, 5.74) is 0. The molecular formula is C6H9NO4. The van der Waals surface area contributed by atoms with E-state index in [0.29, 0.717) is 0 Å². The van der Waals surface area contributed by atoms with Crippen LogP contribution in [-0.2, 0) is 14.3 Å². The summed E-state index contributed by atoms with van der Waals surface area (Å²) in [5, 5.41) is 11.1. The first-order valence-electron chi connectivity index (χ1n) is 3.25. The van der Waals surface area contributed by atoms with Crippen LogP contribution in [-0.4, -0.2) is 36.2 Å². The van der Waals surface area contributed by atoms with Crippen molar-refractivity contribution in [2.45, 2.75) is 18.6 Å². The average molecular weight is 159 g/mol. The highest BCUT2D eigenvalue weighted by atomic mass is 16.6. The van der Waals surface area contributed by atoms with Gasteiger partial charge in [-0.05, 0) is 7.05 Å². The van der Waals surface area contributed by atoms with E-state index in [2.05, 4.69) is 10.1 Å². The molecule has 0 bridgehead atoms. The van der Waals surface area contributed by atoms with E-state index >= 15 is 0 Å². The number of aliphatic carboxylic acids is 1. The molecule has 0 saturated carbocycles. The van der Waals surface area contributed by atoms with Crippen LogP contribution in [0.4, 0.5) is 0 Å². The second kappa shape index (κ2) is 2.87. The molecule has 2 atom stereocenters. The fraction of sp³-hybridized carbons (Fsp3) is 0.667. The maximum atomic E-state index is 10.8. The minimum Gasteiger partial charge on any atom is -0.479 e.